The average Bonchev–Trinajstić information content (AvgIpc) is 3.18. The molecule has 1 saturated heterocycles. The number of likely N-dealkylation sites (N-methyl/N-ethyl adjacent to an activating group) is 1. The summed E-state index contributed by atoms with van der Waals surface area (Å²) in [5.41, 5.74) is 2.06. The molecule has 1 amide bonds. The Bertz CT molecular complexity index is 818. The van der Waals surface area contributed by atoms with Gasteiger partial charge in [-0.3, -0.25) is 4.79 Å². The third-order valence-electron chi connectivity index (χ3n) is 4.30. The Kier molecular flexibility index (Phi) is 3.99. The molecule has 4 rings (SSSR count). The van der Waals surface area contributed by atoms with Crippen molar-refractivity contribution in [2.24, 2.45) is 0 Å². The largest absolute Gasteiger partial charge is 0.340 e. The van der Waals surface area contributed by atoms with Crippen LogP contribution in [0, 0.1) is 0 Å². The summed E-state index contributed by atoms with van der Waals surface area (Å²) in [5.74, 6) is 0.203. The average molecular weight is 342 g/mol. The van der Waals surface area contributed by atoms with Gasteiger partial charge in [-0.25, -0.2) is 0 Å². The number of amides is 1. The first-order chi connectivity index (χ1) is 11.7. The van der Waals surface area contributed by atoms with Crippen molar-refractivity contribution in [2.45, 2.75) is 6.42 Å². The minimum Gasteiger partial charge on any atom is -0.340 e. The summed E-state index contributed by atoms with van der Waals surface area (Å²) in [5, 5.41) is 13.1. The van der Waals surface area contributed by atoms with Gasteiger partial charge in [-0.2, -0.15) is 9.61 Å². The lowest BCUT2D eigenvalue weighted by Crippen LogP contribution is -2.47. The van der Waals surface area contributed by atoms with Crippen LogP contribution < -0.4 is 0 Å². The van der Waals surface area contributed by atoms with Gasteiger partial charge in [0, 0.05) is 31.7 Å². The Hall–Kier alpha value is -2.32. The van der Waals surface area contributed by atoms with Gasteiger partial charge in [-0.05, 0) is 12.6 Å². The second-order valence-corrected chi connectivity index (χ2v) is 6.98. The van der Waals surface area contributed by atoms with Gasteiger partial charge in [-0.1, -0.05) is 35.6 Å². The van der Waals surface area contributed by atoms with Crippen LogP contribution in [-0.4, -0.2) is 68.7 Å². The van der Waals surface area contributed by atoms with Crippen molar-refractivity contribution in [1.82, 2.24) is 29.6 Å². The fourth-order valence-corrected chi connectivity index (χ4v) is 3.61. The van der Waals surface area contributed by atoms with E-state index in [9.17, 15) is 4.79 Å². The lowest BCUT2D eigenvalue weighted by atomic mass is 10.1. The molecule has 1 aliphatic rings. The maximum Gasteiger partial charge on any atom is 0.234 e. The Balaban J connectivity index is 1.43. The molecule has 0 bridgehead atoms. The quantitative estimate of drug-likeness (QED) is 0.715. The standard InChI is InChI=1S/C16H18N6OS/c1-20-6-8-21(9-7-20)14(23)10-12-2-4-13(5-3-12)15-19-22-11-17-18-16(22)24-15/h2-5,11H,6-10H2,1H3. The summed E-state index contributed by atoms with van der Waals surface area (Å²) in [6, 6.07) is 8.04. The van der Waals surface area contributed by atoms with Gasteiger partial charge in [0.1, 0.15) is 11.3 Å². The van der Waals surface area contributed by atoms with E-state index in [1.807, 2.05) is 29.2 Å². The summed E-state index contributed by atoms with van der Waals surface area (Å²) in [7, 11) is 2.09. The third kappa shape index (κ3) is 3.02. The zero-order chi connectivity index (χ0) is 16.5. The highest BCUT2D eigenvalue weighted by Gasteiger charge is 2.19. The number of carbonyl (C=O) groups excluding carboxylic acids is 1. The van der Waals surface area contributed by atoms with E-state index in [1.54, 1.807) is 10.8 Å². The SMILES string of the molecule is CN1CCN(C(=O)Cc2ccc(-c3nn4cnnc4s3)cc2)CC1. The number of rotatable bonds is 3. The molecule has 7 nitrogen and oxygen atoms in total. The molecule has 3 heterocycles. The van der Waals surface area contributed by atoms with Gasteiger partial charge in [-0.15, -0.1) is 10.2 Å². The molecule has 124 valence electrons. The Morgan fingerprint density at radius 3 is 2.62 bits per heavy atom. The van der Waals surface area contributed by atoms with Crippen LogP contribution in [0.25, 0.3) is 15.5 Å². The molecule has 0 radical (unpaired) electrons. The van der Waals surface area contributed by atoms with Crippen LogP contribution in [0.5, 0.6) is 0 Å². The van der Waals surface area contributed by atoms with E-state index >= 15 is 0 Å². The smallest absolute Gasteiger partial charge is 0.234 e. The van der Waals surface area contributed by atoms with Gasteiger partial charge in [0.05, 0.1) is 6.42 Å². The summed E-state index contributed by atoms with van der Waals surface area (Å²) < 4.78 is 1.67. The van der Waals surface area contributed by atoms with Gasteiger partial charge in [0.15, 0.2) is 0 Å². The van der Waals surface area contributed by atoms with Gasteiger partial charge < -0.3 is 9.80 Å². The van der Waals surface area contributed by atoms with Crippen molar-refractivity contribution in [3.63, 3.8) is 0 Å². The molecule has 0 N–H and O–H groups in total. The highest BCUT2D eigenvalue weighted by Crippen LogP contribution is 2.25. The first-order valence-electron chi connectivity index (χ1n) is 7.91. The molecule has 3 aromatic rings. The van der Waals surface area contributed by atoms with Crippen LogP contribution in [0.1, 0.15) is 5.56 Å². The van der Waals surface area contributed by atoms with Gasteiger partial charge in [0.25, 0.3) is 0 Å². The minimum atomic E-state index is 0.203. The van der Waals surface area contributed by atoms with Crippen LogP contribution in [0.15, 0.2) is 30.6 Å². The molecule has 8 heteroatoms. The predicted octanol–water partition coefficient (Wildman–Crippen LogP) is 1.17. The highest BCUT2D eigenvalue weighted by atomic mass is 32.1. The number of fused-ring (bicyclic) bond motifs is 1. The molecule has 2 aromatic heterocycles. The summed E-state index contributed by atoms with van der Waals surface area (Å²) in [6.07, 6.45) is 2.05. The van der Waals surface area contributed by atoms with Crippen LogP contribution in [0.3, 0.4) is 0 Å². The molecular weight excluding hydrogens is 324 g/mol. The van der Waals surface area contributed by atoms with Crippen molar-refractivity contribution in [3.8, 4) is 10.6 Å². The number of nitrogens with zero attached hydrogens (tertiary/aromatic N) is 6. The van der Waals surface area contributed by atoms with E-state index in [2.05, 4.69) is 27.2 Å². The zero-order valence-electron chi connectivity index (χ0n) is 13.4. The molecular formula is C16H18N6OS. The zero-order valence-corrected chi connectivity index (χ0v) is 14.2. The molecule has 0 spiro atoms. The highest BCUT2D eigenvalue weighted by molar-refractivity contribution is 7.19. The molecule has 24 heavy (non-hydrogen) atoms. The van der Waals surface area contributed by atoms with Crippen molar-refractivity contribution >= 4 is 22.2 Å². The van der Waals surface area contributed by atoms with Crippen LogP contribution in [0.2, 0.25) is 0 Å². The first kappa shape index (κ1) is 15.2. The van der Waals surface area contributed by atoms with Crippen molar-refractivity contribution in [1.29, 1.82) is 0 Å². The molecule has 0 unspecified atom stereocenters. The van der Waals surface area contributed by atoms with Gasteiger partial charge >= 0.3 is 0 Å². The normalized spacial score (nSPS) is 16.0. The number of carbonyl (C=O) groups is 1. The Labute approximate surface area is 143 Å². The van der Waals surface area contributed by atoms with E-state index in [0.717, 1.165) is 47.3 Å². The second kappa shape index (κ2) is 6.29. The number of hydrogen-bond acceptors (Lipinski definition) is 6. The van der Waals surface area contributed by atoms with E-state index < -0.39 is 0 Å². The molecule has 1 fully saturated rings. The van der Waals surface area contributed by atoms with E-state index in [-0.39, 0.29) is 5.91 Å². The number of aromatic nitrogens is 4. The van der Waals surface area contributed by atoms with Crippen molar-refractivity contribution < 1.29 is 4.79 Å². The molecule has 0 atom stereocenters. The lowest BCUT2D eigenvalue weighted by Gasteiger charge is -2.32. The maximum absolute atomic E-state index is 12.4. The minimum absolute atomic E-state index is 0.203. The number of piperazine rings is 1. The second-order valence-electron chi connectivity index (χ2n) is 6.02. The van der Waals surface area contributed by atoms with Crippen molar-refractivity contribution in [2.75, 3.05) is 33.2 Å². The number of benzene rings is 1. The van der Waals surface area contributed by atoms with Crippen molar-refractivity contribution in [3.05, 3.63) is 36.2 Å². The first-order valence-corrected chi connectivity index (χ1v) is 8.73. The summed E-state index contributed by atoms with van der Waals surface area (Å²) in [6.45, 7) is 3.54. The van der Waals surface area contributed by atoms with E-state index in [1.165, 1.54) is 11.3 Å². The van der Waals surface area contributed by atoms with E-state index in [0.29, 0.717) is 6.42 Å². The Morgan fingerprint density at radius 1 is 1.17 bits per heavy atom. The fourth-order valence-electron chi connectivity index (χ4n) is 2.78. The molecule has 1 aliphatic heterocycles. The lowest BCUT2D eigenvalue weighted by molar-refractivity contribution is -0.132. The maximum atomic E-state index is 12.4. The third-order valence-corrected chi connectivity index (χ3v) is 5.26. The van der Waals surface area contributed by atoms with Gasteiger partial charge in [0.2, 0.25) is 10.9 Å². The molecule has 1 aromatic carbocycles. The van der Waals surface area contributed by atoms with Crippen LogP contribution in [-0.2, 0) is 11.2 Å². The summed E-state index contributed by atoms with van der Waals surface area (Å²) >= 11 is 1.50. The molecule has 0 saturated carbocycles. The fraction of sp³-hybridized carbons (Fsp3) is 0.375. The van der Waals surface area contributed by atoms with Crippen LogP contribution in [0.4, 0.5) is 0 Å². The monoisotopic (exact) mass is 342 g/mol. The van der Waals surface area contributed by atoms with Crippen LogP contribution >= 0.6 is 11.3 Å². The predicted molar refractivity (Wildman–Crippen MR) is 91.9 cm³/mol. The summed E-state index contributed by atoms with van der Waals surface area (Å²) in [4.78, 5) is 17.4. The number of hydrogen-bond donors (Lipinski definition) is 0. The molecule has 0 aliphatic carbocycles. The Morgan fingerprint density at radius 2 is 1.92 bits per heavy atom. The topological polar surface area (TPSA) is 66.6 Å². The van der Waals surface area contributed by atoms with E-state index in [4.69, 9.17) is 0 Å².